The van der Waals surface area contributed by atoms with Crippen LogP contribution in [-0.2, 0) is 0 Å². The first-order chi connectivity index (χ1) is 7.16. The standard InChI is InChI=1S/C12H17NOS/c1-8-5-6-11(15-8)12(14)9-3-2-4-10(13)7-9/h5-6,9-10H,2-4,7,13H2,1H3. The molecule has 2 unspecified atom stereocenters. The molecule has 1 aliphatic rings. The third-order valence-electron chi connectivity index (χ3n) is 3.07. The molecule has 0 aromatic carbocycles. The van der Waals surface area contributed by atoms with Crippen LogP contribution in [0.1, 0.15) is 40.2 Å². The summed E-state index contributed by atoms with van der Waals surface area (Å²) in [6.07, 6.45) is 4.06. The Kier molecular flexibility index (Phi) is 3.22. The number of carbonyl (C=O) groups excluding carboxylic acids is 1. The van der Waals surface area contributed by atoms with Crippen LogP contribution in [0, 0.1) is 12.8 Å². The lowest BCUT2D eigenvalue weighted by Gasteiger charge is -2.24. The Bertz CT molecular complexity index is 358. The van der Waals surface area contributed by atoms with E-state index in [2.05, 4.69) is 0 Å². The smallest absolute Gasteiger partial charge is 0.175 e. The highest BCUT2D eigenvalue weighted by molar-refractivity contribution is 7.14. The second-order valence-corrected chi connectivity index (χ2v) is 5.69. The minimum Gasteiger partial charge on any atom is -0.328 e. The Labute approximate surface area is 94.5 Å². The quantitative estimate of drug-likeness (QED) is 0.783. The Hall–Kier alpha value is -0.670. The first-order valence-corrected chi connectivity index (χ1v) is 6.34. The van der Waals surface area contributed by atoms with Crippen molar-refractivity contribution in [2.24, 2.45) is 11.7 Å². The zero-order valence-electron chi connectivity index (χ0n) is 9.03. The molecule has 82 valence electrons. The number of thiophene rings is 1. The summed E-state index contributed by atoms with van der Waals surface area (Å²) in [5.41, 5.74) is 5.90. The number of hydrogen-bond acceptors (Lipinski definition) is 3. The average Bonchev–Trinajstić information content (AvgIpc) is 2.64. The van der Waals surface area contributed by atoms with Gasteiger partial charge in [0.05, 0.1) is 4.88 Å². The number of carbonyl (C=O) groups is 1. The van der Waals surface area contributed by atoms with Crippen LogP contribution in [0.15, 0.2) is 12.1 Å². The molecule has 0 bridgehead atoms. The van der Waals surface area contributed by atoms with Crippen molar-refractivity contribution in [1.29, 1.82) is 0 Å². The van der Waals surface area contributed by atoms with Crippen molar-refractivity contribution in [2.45, 2.75) is 38.6 Å². The van der Waals surface area contributed by atoms with E-state index in [1.807, 2.05) is 19.1 Å². The molecule has 15 heavy (non-hydrogen) atoms. The third kappa shape index (κ3) is 2.47. The van der Waals surface area contributed by atoms with Gasteiger partial charge < -0.3 is 5.73 Å². The van der Waals surface area contributed by atoms with Gasteiger partial charge >= 0.3 is 0 Å². The highest BCUT2D eigenvalue weighted by Crippen LogP contribution is 2.28. The lowest BCUT2D eigenvalue weighted by atomic mass is 9.83. The molecule has 0 amide bonds. The largest absolute Gasteiger partial charge is 0.328 e. The summed E-state index contributed by atoms with van der Waals surface area (Å²) < 4.78 is 0. The molecule has 0 saturated heterocycles. The van der Waals surface area contributed by atoms with Gasteiger partial charge in [-0.1, -0.05) is 6.42 Å². The summed E-state index contributed by atoms with van der Waals surface area (Å²) in [6.45, 7) is 2.04. The van der Waals surface area contributed by atoms with Crippen LogP contribution in [0.3, 0.4) is 0 Å². The van der Waals surface area contributed by atoms with Crippen molar-refractivity contribution in [3.63, 3.8) is 0 Å². The summed E-state index contributed by atoms with van der Waals surface area (Å²) in [5.74, 6) is 0.482. The zero-order valence-corrected chi connectivity index (χ0v) is 9.85. The molecule has 2 rings (SSSR count). The fourth-order valence-electron chi connectivity index (χ4n) is 2.23. The lowest BCUT2D eigenvalue weighted by Crippen LogP contribution is -2.31. The van der Waals surface area contributed by atoms with Gasteiger partial charge in [0.25, 0.3) is 0 Å². The van der Waals surface area contributed by atoms with Crippen molar-refractivity contribution >= 4 is 17.1 Å². The van der Waals surface area contributed by atoms with Crippen LogP contribution in [0.25, 0.3) is 0 Å². The van der Waals surface area contributed by atoms with Gasteiger partial charge in [0, 0.05) is 16.8 Å². The Balaban J connectivity index is 2.07. The number of aryl methyl sites for hydroxylation is 1. The van der Waals surface area contributed by atoms with Gasteiger partial charge in [0.15, 0.2) is 5.78 Å². The van der Waals surface area contributed by atoms with E-state index in [9.17, 15) is 4.79 Å². The number of rotatable bonds is 2. The molecule has 1 fully saturated rings. The van der Waals surface area contributed by atoms with Gasteiger partial charge in [0.1, 0.15) is 0 Å². The normalized spacial score (nSPS) is 26.5. The van der Waals surface area contributed by atoms with E-state index in [0.29, 0.717) is 5.78 Å². The van der Waals surface area contributed by atoms with Crippen LogP contribution >= 0.6 is 11.3 Å². The van der Waals surface area contributed by atoms with Gasteiger partial charge in [-0.3, -0.25) is 4.79 Å². The summed E-state index contributed by atoms with van der Waals surface area (Å²) in [7, 11) is 0. The molecule has 1 aliphatic carbocycles. The summed E-state index contributed by atoms with van der Waals surface area (Å²) in [6, 6.07) is 4.19. The SMILES string of the molecule is Cc1ccc(C(=O)C2CCCC(N)C2)s1. The fraction of sp³-hybridized carbons (Fsp3) is 0.583. The molecule has 2 N–H and O–H groups in total. The topological polar surface area (TPSA) is 43.1 Å². The number of nitrogens with two attached hydrogens (primary N) is 1. The molecule has 0 spiro atoms. The molecular weight excluding hydrogens is 206 g/mol. The maximum absolute atomic E-state index is 12.1. The van der Waals surface area contributed by atoms with E-state index >= 15 is 0 Å². The Morgan fingerprint density at radius 1 is 1.47 bits per heavy atom. The predicted molar refractivity (Wildman–Crippen MR) is 63.3 cm³/mol. The van der Waals surface area contributed by atoms with Crippen LogP contribution in [0.4, 0.5) is 0 Å². The van der Waals surface area contributed by atoms with Gasteiger partial charge in [-0.25, -0.2) is 0 Å². The summed E-state index contributed by atoms with van der Waals surface area (Å²) in [5, 5.41) is 0. The Morgan fingerprint density at radius 3 is 2.87 bits per heavy atom. The molecule has 1 heterocycles. The molecule has 1 aromatic heterocycles. The zero-order chi connectivity index (χ0) is 10.8. The second kappa shape index (κ2) is 4.45. The van der Waals surface area contributed by atoms with E-state index in [1.165, 1.54) is 4.88 Å². The van der Waals surface area contributed by atoms with Crippen molar-refractivity contribution in [3.05, 3.63) is 21.9 Å². The van der Waals surface area contributed by atoms with Crippen LogP contribution < -0.4 is 5.73 Å². The maximum atomic E-state index is 12.1. The molecular formula is C12H17NOS. The first-order valence-electron chi connectivity index (χ1n) is 5.53. The lowest BCUT2D eigenvalue weighted by molar-refractivity contribution is 0.0886. The van der Waals surface area contributed by atoms with Crippen LogP contribution in [0.2, 0.25) is 0 Å². The minimum absolute atomic E-state index is 0.173. The maximum Gasteiger partial charge on any atom is 0.175 e. The summed E-state index contributed by atoms with van der Waals surface area (Å²) in [4.78, 5) is 14.2. The van der Waals surface area contributed by atoms with Gasteiger partial charge in [-0.15, -0.1) is 11.3 Å². The van der Waals surface area contributed by atoms with E-state index in [0.717, 1.165) is 30.6 Å². The van der Waals surface area contributed by atoms with Gasteiger partial charge in [-0.05, 0) is 38.3 Å². The molecule has 1 saturated carbocycles. The minimum atomic E-state index is 0.173. The highest BCUT2D eigenvalue weighted by Gasteiger charge is 2.26. The van der Waals surface area contributed by atoms with Gasteiger partial charge in [0.2, 0.25) is 0 Å². The van der Waals surface area contributed by atoms with Crippen LogP contribution in [0.5, 0.6) is 0 Å². The second-order valence-electron chi connectivity index (χ2n) is 4.40. The molecule has 2 nitrogen and oxygen atoms in total. The van der Waals surface area contributed by atoms with E-state index in [4.69, 9.17) is 5.73 Å². The Morgan fingerprint density at radius 2 is 2.27 bits per heavy atom. The highest BCUT2D eigenvalue weighted by atomic mass is 32.1. The molecule has 0 aliphatic heterocycles. The van der Waals surface area contributed by atoms with E-state index in [-0.39, 0.29) is 12.0 Å². The van der Waals surface area contributed by atoms with Crippen LogP contribution in [-0.4, -0.2) is 11.8 Å². The monoisotopic (exact) mass is 223 g/mol. The number of Topliss-reactive ketones (excluding diaryl/α,β-unsaturated/α-hetero) is 1. The van der Waals surface area contributed by atoms with E-state index < -0.39 is 0 Å². The number of ketones is 1. The predicted octanol–water partition coefficient (Wildman–Crippen LogP) is 2.76. The van der Waals surface area contributed by atoms with Crippen molar-refractivity contribution in [1.82, 2.24) is 0 Å². The van der Waals surface area contributed by atoms with E-state index in [1.54, 1.807) is 11.3 Å². The third-order valence-corrected chi connectivity index (χ3v) is 4.08. The average molecular weight is 223 g/mol. The van der Waals surface area contributed by atoms with Gasteiger partial charge in [-0.2, -0.15) is 0 Å². The molecule has 1 aromatic rings. The first kappa shape index (κ1) is 10.8. The van der Waals surface area contributed by atoms with Crippen molar-refractivity contribution in [3.8, 4) is 0 Å². The molecule has 0 radical (unpaired) electrons. The fourth-order valence-corrected chi connectivity index (χ4v) is 3.12. The van der Waals surface area contributed by atoms with Crippen molar-refractivity contribution in [2.75, 3.05) is 0 Å². The van der Waals surface area contributed by atoms with Crippen molar-refractivity contribution < 1.29 is 4.79 Å². The molecule has 2 atom stereocenters. The molecule has 3 heteroatoms. The summed E-state index contributed by atoms with van der Waals surface area (Å²) >= 11 is 1.60. The number of hydrogen-bond donors (Lipinski definition) is 1.